The summed E-state index contributed by atoms with van der Waals surface area (Å²) in [5.41, 5.74) is 0.0217. The zero-order valence-electron chi connectivity index (χ0n) is 7.48. The first-order valence-electron chi connectivity index (χ1n) is 3.94. The van der Waals surface area contributed by atoms with Crippen LogP contribution >= 0.6 is 11.6 Å². The van der Waals surface area contributed by atoms with Gasteiger partial charge in [0.05, 0.1) is 5.57 Å². The minimum atomic E-state index is -1.30. The topological polar surface area (TPSA) is 74.6 Å². The quantitative estimate of drug-likeness (QED) is 0.772. The molecule has 0 heterocycles. The Kier molecular flexibility index (Phi) is 3.46. The van der Waals surface area contributed by atoms with Gasteiger partial charge in [0.15, 0.2) is 0 Å². The van der Waals surface area contributed by atoms with E-state index >= 15 is 0 Å². The number of carboxylic acids is 2. The van der Waals surface area contributed by atoms with Gasteiger partial charge in [-0.05, 0) is 17.7 Å². The van der Waals surface area contributed by atoms with E-state index in [0.717, 1.165) is 0 Å². The molecule has 0 saturated heterocycles. The normalized spacial score (nSPS) is 11.1. The second-order valence-corrected chi connectivity index (χ2v) is 3.14. The lowest BCUT2D eigenvalue weighted by molar-refractivity contribution is -0.133. The molecule has 0 amide bonds. The summed E-state index contributed by atoms with van der Waals surface area (Å²) < 4.78 is 0. The van der Waals surface area contributed by atoms with Gasteiger partial charge < -0.3 is 10.2 Å². The third kappa shape index (κ3) is 3.11. The number of hydrogen-bond donors (Lipinski definition) is 2. The summed E-state index contributed by atoms with van der Waals surface area (Å²) in [6, 6.07) is 5.89. The van der Waals surface area contributed by atoms with Crippen molar-refractivity contribution in [3.8, 4) is 0 Å². The van der Waals surface area contributed by atoms with E-state index in [1.807, 2.05) is 0 Å². The molecule has 0 saturated carbocycles. The molecule has 0 bridgehead atoms. The molecule has 0 spiro atoms. The lowest BCUT2D eigenvalue weighted by Gasteiger charge is -2.01. The van der Waals surface area contributed by atoms with E-state index in [0.29, 0.717) is 16.7 Å². The zero-order valence-corrected chi connectivity index (χ0v) is 8.23. The minimum absolute atomic E-state index is 0.279. The molecule has 1 aromatic carbocycles. The Labute approximate surface area is 90.4 Å². The van der Waals surface area contributed by atoms with Gasteiger partial charge >= 0.3 is 11.9 Å². The van der Waals surface area contributed by atoms with Gasteiger partial charge in [0.2, 0.25) is 0 Å². The predicted octanol–water partition coefficient (Wildman–Crippen LogP) is 1.89. The van der Waals surface area contributed by atoms with Gasteiger partial charge in [0.1, 0.15) is 0 Å². The average Bonchev–Trinajstić information content (AvgIpc) is 2.15. The molecule has 15 heavy (non-hydrogen) atoms. The maximum atomic E-state index is 10.8. The molecule has 0 atom stereocenters. The van der Waals surface area contributed by atoms with Crippen LogP contribution in [0, 0.1) is 0 Å². The van der Waals surface area contributed by atoms with Crippen molar-refractivity contribution in [3.63, 3.8) is 0 Å². The second kappa shape index (κ2) is 4.61. The van der Waals surface area contributed by atoms with Gasteiger partial charge in [-0.15, -0.1) is 0 Å². The molecule has 0 aliphatic rings. The van der Waals surface area contributed by atoms with E-state index in [9.17, 15) is 9.59 Å². The summed E-state index contributed by atoms with van der Waals surface area (Å²) in [5.74, 6) is -2.60. The molecule has 0 aliphatic carbocycles. The van der Waals surface area contributed by atoms with E-state index in [4.69, 9.17) is 21.8 Å². The Morgan fingerprint density at radius 2 is 1.67 bits per heavy atom. The van der Waals surface area contributed by atoms with Crippen molar-refractivity contribution < 1.29 is 19.8 Å². The molecular weight excluding hydrogens is 220 g/mol. The highest BCUT2D eigenvalue weighted by Gasteiger charge is 2.11. The highest BCUT2D eigenvalue weighted by atomic mass is 35.5. The van der Waals surface area contributed by atoms with Crippen LogP contribution in [-0.2, 0) is 9.59 Å². The SMILES string of the molecule is O=C(O)/C=C(/C(=O)O)c1ccc(Cl)cc1. The largest absolute Gasteiger partial charge is 0.478 e. The molecule has 0 aliphatic heterocycles. The molecule has 1 rings (SSSR count). The molecule has 0 unspecified atom stereocenters. The molecule has 1 aromatic rings. The summed E-state index contributed by atoms with van der Waals surface area (Å²) in [4.78, 5) is 21.1. The third-order valence-electron chi connectivity index (χ3n) is 1.65. The fourth-order valence-corrected chi connectivity index (χ4v) is 1.15. The highest BCUT2D eigenvalue weighted by molar-refractivity contribution is 6.30. The molecule has 0 radical (unpaired) electrons. The van der Waals surface area contributed by atoms with Crippen molar-refractivity contribution in [2.75, 3.05) is 0 Å². The number of halogens is 1. The van der Waals surface area contributed by atoms with Crippen molar-refractivity contribution in [1.82, 2.24) is 0 Å². The number of carboxylic acid groups (broad SMARTS) is 2. The van der Waals surface area contributed by atoms with Gasteiger partial charge in [-0.1, -0.05) is 23.7 Å². The summed E-state index contributed by atoms with van der Waals surface area (Å²) in [6.45, 7) is 0. The number of benzene rings is 1. The molecule has 5 heteroatoms. The van der Waals surface area contributed by atoms with E-state index in [2.05, 4.69) is 0 Å². The molecule has 78 valence electrons. The zero-order chi connectivity index (χ0) is 11.4. The predicted molar refractivity (Wildman–Crippen MR) is 54.7 cm³/mol. The van der Waals surface area contributed by atoms with Crippen LogP contribution in [0.25, 0.3) is 5.57 Å². The smallest absolute Gasteiger partial charge is 0.336 e. The fraction of sp³-hybridized carbons (Fsp3) is 0. The average molecular weight is 227 g/mol. The first-order chi connectivity index (χ1) is 7.00. The standard InChI is InChI=1S/C10H7ClO4/c11-7-3-1-6(2-4-7)8(10(14)15)5-9(12)13/h1-5H,(H,12,13)(H,14,15)/b8-5+. The van der Waals surface area contributed by atoms with Crippen LogP contribution in [0.5, 0.6) is 0 Å². The van der Waals surface area contributed by atoms with Crippen LogP contribution in [0.2, 0.25) is 5.02 Å². The lowest BCUT2D eigenvalue weighted by Crippen LogP contribution is -2.02. The van der Waals surface area contributed by atoms with Gasteiger partial charge in [-0.2, -0.15) is 0 Å². The van der Waals surface area contributed by atoms with E-state index in [1.165, 1.54) is 24.3 Å². The van der Waals surface area contributed by atoms with Gasteiger partial charge in [0.25, 0.3) is 0 Å². The molecule has 0 aromatic heterocycles. The van der Waals surface area contributed by atoms with Crippen molar-refractivity contribution in [1.29, 1.82) is 0 Å². The fourth-order valence-electron chi connectivity index (χ4n) is 1.02. The van der Waals surface area contributed by atoms with Crippen LogP contribution < -0.4 is 0 Å². The van der Waals surface area contributed by atoms with Crippen LogP contribution in [0.4, 0.5) is 0 Å². The first-order valence-corrected chi connectivity index (χ1v) is 4.32. The van der Waals surface area contributed by atoms with Crippen molar-refractivity contribution in [3.05, 3.63) is 40.9 Å². The minimum Gasteiger partial charge on any atom is -0.478 e. The van der Waals surface area contributed by atoms with Crippen molar-refractivity contribution in [2.24, 2.45) is 0 Å². The molecule has 0 fully saturated rings. The Balaban J connectivity index is 3.16. The monoisotopic (exact) mass is 226 g/mol. The van der Waals surface area contributed by atoms with Gasteiger partial charge in [-0.3, -0.25) is 0 Å². The number of rotatable bonds is 3. The first kappa shape index (κ1) is 11.3. The maximum absolute atomic E-state index is 10.8. The highest BCUT2D eigenvalue weighted by Crippen LogP contribution is 2.17. The maximum Gasteiger partial charge on any atom is 0.336 e. The Hall–Kier alpha value is -1.81. The summed E-state index contributed by atoms with van der Waals surface area (Å²) >= 11 is 5.62. The number of aliphatic carboxylic acids is 2. The van der Waals surface area contributed by atoms with Gasteiger partial charge in [0, 0.05) is 11.1 Å². The Morgan fingerprint density at radius 3 is 2.07 bits per heavy atom. The van der Waals surface area contributed by atoms with Crippen LogP contribution in [0.3, 0.4) is 0 Å². The van der Waals surface area contributed by atoms with E-state index < -0.39 is 11.9 Å². The van der Waals surface area contributed by atoms with Crippen LogP contribution in [0.15, 0.2) is 30.3 Å². The van der Waals surface area contributed by atoms with Gasteiger partial charge in [-0.25, -0.2) is 9.59 Å². The number of carbonyl (C=O) groups is 2. The van der Waals surface area contributed by atoms with E-state index in [-0.39, 0.29) is 5.57 Å². The van der Waals surface area contributed by atoms with Crippen LogP contribution in [-0.4, -0.2) is 22.2 Å². The number of hydrogen-bond acceptors (Lipinski definition) is 2. The second-order valence-electron chi connectivity index (χ2n) is 2.71. The summed E-state index contributed by atoms with van der Waals surface area (Å²) in [5, 5.41) is 17.7. The van der Waals surface area contributed by atoms with Crippen molar-refractivity contribution >= 4 is 29.1 Å². The van der Waals surface area contributed by atoms with Crippen molar-refractivity contribution in [2.45, 2.75) is 0 Å². The summed E-state index contributed by atoms with van der Waals surface area (Å²) in [7, 11) is 0. The molecule has 2 N–H and O–H groups in total. The van der Waals surface area contributed by atoms with E-state index in [1.54, 1.807) is 0 Å². The Morgan fingerprint density at radius 1 is 1.13 bits per heavy atom. The van der Waals surface area contributed by atoms with Crippen LogP contribution in [0.1, 0.15) is 5.56 Å². The lowest BCUT2D eigenvalue weighted by atomic mass is 10.1. The third-order valence-corrected chi connectivity index (χ3v) is 1.91. The summed E-state index contributed by atoms with van der Waals surface area (Å²) in [6.07, 6.45) is 0.644. The molecule has 4 nitrogen and oxygen atoms in total. The molecular formula is C10H7ClO4. The Bertz CT molecular complexity index is 420.